The molecule has 3 rings (SSSR count). The predicted octanol–water partition coefficient (Wildman–Crippen LogP) is 1.54. The third-order valence-corrected chi connectivity index (χ3v) is 4.14. The molecule has 136 valence electrons. The summed E-state index contributed by atoms with van der Waals surface area (Å²) < 4.78 is 13.9. The second kappa shape index (κ2) is 7.77. The number of aromatic nitrogens is 2. The van der Waals surface area contributed by atoms with Crippen LogP contribution in [0.3, 0.4) is 0 Å². The number of hydrogen-bond acceptors (Lipinski definition) is 4. The Morgan fingerprint density at radius 2 is 1.69 bits per heavy atom. The maximum absolute atomic E-state index is 12.3. The van der Waals surface area contributed by atoms with Crippen LogP contribution < -0.4 is 20.5 Å². The molecule has 0 saturated heterocycles. The van der Waals surface area contributed by atoms with Gasteiger partial charge < -0.3 is 14.8 Å². The van der Waals surface area contributed by atoms with Crippen molar-refractivity contribution in [3.05, 3.63) is 59.0 Å². The molecule has 7 heteroatoms. The molecule has 0 fully saturated rings. The van der Waals surface area contributed by atoms with E-state index in [0.717, 1.165) is 11.0 Å². The molecule has 2 aromatic carbocycles. The molecule has 1 amide bonds. The molecule has 0 aliphatic rings. The van der Waals surface area contributed by atoms with Crippen molar-refractivity contribution in [3.8, 4) is 11.5 Å². The summed E-state index contributed by atoms with van der Waals surface area (Å²) in [6.45, 7) is 0.605. The van der Waals surface area contributed by atoms with Gasteiger partial charge in [-0.2, -0.15) is 0 Å². The molecule has 0 unspecified atom stereocenters. The van der Waals surface area contributed by atoms with E-state index in [0.29, 0.717) is 24.6 Å². The SMILES string of the molecule is COc1ccccc1OCC(=O)NCCn1c(=O)n(C)c2ccccc21. The van der Waals surface area contributed by atoms with E-state index < -0.39 is 0 Å². The van der Waals surface area contributed by atoms with Crippen LogP contribution in [0.2, 0.25) is 0 Å². The number of hydrogen-bond donors (Lipinski definition) is 1. The lowest BCUT2D eigenvalue weighted by molar-refractivity contribution is -0.123. The van der Waals surface area contributed by atoms with E-state index in [-0.39, 0.29) is 18.2 Å². The highest BCUT2D eigenvalue weighted by atomic mass is 16.5. The monoisotopic (exact) mass is 355 g/mol. The lowest BCUT2D eigenvalue weighted by atomic mass is 10.3. The Kier molecular flexibility index (Phi) is 5.26. The van der Waals surface area contributed by atoms with Crippen molar-refractivity contribution >= 4 is 16.9 Å². The van der Waals surface area contributed by atoms with Crippen LogP contribution in [-0.4, -0.2) is 35.3 Å². The van der Waals surface area contributed by atoms with Crippen molar-refractivity contribution in [2.24, 2.45) is 7.05 Å². The van der Waals surface area contributed by atoms with Crippen molar-refractivity contribution in [1.82, 2.24) is 14.5 Å². The van der Waals surface area contributed by atoms with Crippen LogP contribution in [-0.2, 0) is 18.4 Å². The van der Waals surface area contributed by atoms with Gasteiger partial charge in [-0.1, -0.05) is 24.3 Å². The molecule has 0 spiro atoms. The van der Waals surface area contributed by atoms with Crippen molar-refractivity contribution in [2.45, 2.75) is 6.54 Å². The minimum Gasteiger partial charge on any atom is -0.493 e. The topological polar surface area (TPSA) is 74.5 Å². The Morgan fingerprint density at radius 3 is 2.42 bits per heavy atom. The van der Waals surface area contributed by atoms with Crippen LogP contribution in [0.1, 0.15) is 0 Å². The molecule has 1 aromatic heterocycles. The van der Waals surface area contributed by atoms with Crippen LogP contribution in [0.25, 0.3) is 11.0 Å². The van der Waals surface area contributed by atoms with Crippen molar-refractivity contribution in [1.29, 1.82) is 0 Å². The molecule has 0 radical (unpaired) electrons. The predicted molar refractivity (Wildman–Crippen MR) is 98.7 cm³/mol. The molecular weight excluding hydrogens is 334 g/mol. The Balaban J connectivity index is 1.56. The lowest BCUT2D eigenvalue weighted by Gasteiger charge is -2.10. The van der Waals surface area contributed by atoms with Gasteiger partial charge in [-0.15, -0.1) is 0 Å². The number of aryl methyl sites for hydroxylation is 1. The van der Waals surface area contributed by atoms with Crippen molar-refractivity contribution < 1.29 is 14.3 Å². The second-order valence-corrected chi connectivity index (χ2v) is 5.77. The van der Waals surface area contributed by atoms with Gasteiger partial charge in [0.05, 0.1) is 18.1 Å². The standard InChI is InChI=1S/C19H21N3O4/c1-21-14-7-3-4-8-15(14)22(19(21)24)12-11-20-18(23)13-26-17-10-6-5-9-16(17)25-2/h3-10H,11-13H2,1-2H3,(H,20,23). The number of benzene rings is 2. The van der Waals surface area contributed by atoms with Gasteiger partial charge in [0.15, 0.2) is 18.1 Å². The average Bonchev–Trinajstić information content (AvgIpc) is 2.91. The molecule has 0 aliphatic heterocycles. The highest BCUT2D eigenvalue weighted by molar-refractivity contribution is 5.78. The highest BCUT2D eigenvalue weighted by Gasteiger charge is 2.10. The molecule has 7 nitrogen and oxygen atoms in total. The second-order valence-electron chi connectivity index (χ2n) is 5.77. The molecule has 26 heavy (non-hydrogen) atoms. The summed E-state index contributed by atoms with van der Waals surface area (Å²) in [5.74, 6) is 0.822. The number of carbonyl (C=O) groups excluding carboxylic acids is 1. The van der Waals surface area contributed by atoms with E-state index >= 15 is 0 Å². The third kappa shape index (κ3) is 3.56. The van der Waals surface area contributed by atoms with Gasteiger partial charge >= 0.3 is 5.69 Å². The molecule has 0 bridgehead atoms. The Hall–Kier alpha value is -3.22. The van der Waals surface area contributed by atoms with Gasteiger partial charge in [0.25, 0.3) is 5.91 Å². The number of nitrogens with one attached hydrogen (secondary N) is 1. The minimum absolute atomic E-state index is 0.106. The summed E-state index contributed by atoms with van der Waals surface area (Å²) in [6, 6.07) is 14.7. The molecular formula is C19H21N3O4. The maximum atomic E-state index is 12.3. The molecule has 0 aliphatic carbocycles. The number of imidazole rings is 1. The van der Waals surface area contributed by atoms with Crippen LogP contribution in [0, 0.1) is 0 Å². The zero-order valence-corrected chi connectivity index (χ0v) is 14.8. The van der Waals surface area contributed by atoms with Crippen LogP contribution >= 0.6 is 0 Å². The average molecular weight is 355 g/mol. The summed E-state index contributed by atoms with van der Waals surface area (Å²) in [6.07, 6.45) is 0. The Morgan fingerprint density at radius 1 is 1.04 bits per heavy atom. The van der Waals surface area contributed by atoms with E-state index in [9.17, 15) is 9.59 Å². The molecule has 0 saturated carbocycles. The summed E-state index contributed by atoms with van der Waals surface area (Å²) in [4.78, 5) is 24.3. The minimum atomic E-state index is -0.260. The van der Waals surface area contributed by atoms with Crippen LogP contribution in [0.15, 0.2) is 53.3 Å². The third-order valence-electron chi connectivity index (χ3n) is 4.14. The first-order valence-corrected chi connectivity index (χ1v) is 8.28. The van der Waals surface area contributed by atoms with Crippen LogP contribution in [0.5, 0.6) is 11.5 Å². The normalized spacial score (nSPS) is 10.7. The van der Waals surface area contributed by atoms with E-state index in [1.54, 1.807) is 35.4 Å². The summed E-state index contributed by atoms with van der Waals surface area (Å²) in [5.41, 5.74) is 1.61. The quantitative estimate of drug-likeness (QED) is 0.698. The number of methoxy groups -OCH3 is 1. The molecule has 1 heterocycles. The molecule has 1 N–H and O–H groups in total. The van der Waals surface area contributed by atoms with Gasteiger partial charge in [-0.3, -0.25) is 13.9 Å². The van der Waals surface area contributed by atoms with Crippen molar-refractivity contribution in [2.75, 3.05) is 20.3 Å². The smallest absolute Gasteiger partial charge is 0.328 e. The number of amides is 1. The fraction of sp³-hybridized carbons (Fsp3) is 0.263. The first-order chi connectivity index (χ1) is 12.6. The van der Waals surface area contributed by atoms with E-state index in [2.05, 4.69) is 5.32 Å². The van der Waals surface area contributed by atoms with E-state index in [1.165, 1.54) is 0 Å². The van der Waals surface area contributed by atoms with Gasteiger partial charge in [-0.05, 0) is 24.3 Å². The van der Waals surface area contributed by atoms with Gasteiger partial charge in [0.1, 0.15) is 0 Å². The fourth-order valence-corrected chi connectivity index (χ4v) is 2.82. The summed E-state index contributed by atoms with van der Waals surface area (Å²) in [7, 11) is 3.28. The number of fused-ring (bicyclic) bond motifs is 1. The number of carbonyl (C=O) groups is 1. The van der Waals surface area contributed by atoms with Gasteiger partial charge in [0.2, 0.25) is 0 Å². The number of rotatable bonds is 7. The lowest BCUT2D eigenvalue weighted by Crippen LogP contribution is -2.34. The summed E-state index contributed by atoms with van der Waals surface area (Å²) >= 11 is 0. The number of nitrogens with zero attached hydrogens (tertiary/aromatic N) is 2. The number of para-hydroxylation sites is 4. The zero-order valence-electron chi connectivity index (χ0n) is 14.8. The van der Waals surface area contributed by atoms with Crippen LogP contribution in [0.4, 0.5) is 0 Å². The van der Waals surface area contributed by atoms with E-state index in [4.69, 9.17) is 9.47 Å². The highest BCUT2D eigenvalue weighted by Crippen LogP contribution is 2.25. The van der Waals surface area contributed by atoms with Gasteiger partial charge in [-0.25, -0.2) is 4.79 Å². The fourth-order valence-electron chi connectivity index (χ4n) is 2.82. The van der Waals surface area contributed by atoms with E-state index in [1.807, 2.05) is 36.4 Å². The first kappa shape index (κ1) is 17.6. The molecule has 0 atom stereocenters. The summed E-state index contributed by atoms with van der Waals surface area (Å²) in [5, 5.41) is 2.77. The molecule has 3 aromatic rings. The van der Waals surface area contributed by atoms with Crippen molar-refractivity contribution in [3.63, 3.8) is 0 Å². The van der Waals surface area contributed by atoms with Gasteiger partial charge in [0, 0.05) is 20.1 Å². The Labute approximate surface area is 150 Å². The maximum Gasteiger partial charge on any atom is 0.328 e. The largest absolute Gasteiger partial charge is 0.493 e. The first-order valence-electron chi connectivity index (χ1n) is 8.28. The number of ether oxygens (including phenoxy) is 2. The zero-order chi connectivity index (χ0) is 18.5. The Bertz CT molecular complexity index is 974.